The van der Waals surface area contributed by atoms with Gasteiger partial charge in [0.1, 0.15) is 0 Å². The molecule has 1 aliphatic rings. The molecule has 0 aliphatic heterocycles. The van der Waals surface area contributed by atoms with Crippen molar-refractivity contribution in [3.63, 3.8) is 0 Å². The van der Waals surface area contributed by atoms with Gasteiger partial charge >= 0.3 is 0 Å². The van der Waals surface area contributed by atoms with Crippen molar-refractivity contribution in [3.8, 4) is 0 Å². The van der Waals surface area contributed by atoms with E-state index in [0.29, 0.717) is 6.61 Å². The van der Waals surface area contributed by atoms with Crippen LogP contribution in [0.5, 0.6) is 0 Å². The fraction of sp³-hybridized carbons (Fsp3) is 1.00. The molecular weight excluding hydrogens is 238 g/mol. The molecule has 0 aromatic heterocycles. The van der Waals surface area contributed by atoms with Crippen molar-refractivity contribution in [3.05, 3.63) is 0 Å². The molecule has 1 aliphatic carbocycles. The van der Waals surface area contributed by atoms with Crippen LogP contribution in [0.15, 0.2) is 0 Å². The van der Waals surface area contributed by atoms with E-state index in [1.54, 1.807) is 0 Å². The van der Waals surface area contributed by atoms with Crippen LogP contribution in [0.1, 0.15) is 52.4 Å². The quantitative estimate of drug-likeness (QED) is 0.797. The Kier molecular flexibility index (Phi) is 5.41. The van der Waals surface area contributed by atoms with Gasteiger partial charge in [-0.2, -0.15) is 0 Å². The first-order chi connectivity index (χ1) is 7.87. The number of hydrogen-bond acceptors (Lipinski definition) is 3. The highest BCUT2D eigenvalue weighted by Gasteiger charge is 2.36. The van der Waals surface area contributed by atoms with E-state index in [2.05, 4.69) is 6.92 Å². The molecule has 1 unspecified atom stereocenters. The summed E-state index contributed by atoms with van der Waals surface area (Å²) in [4.78, 5) is 0. The fourth-order valence-electron chi connectivity index (χ4n) is 2.50. The largest absolute Gasteiger partial charge is 0.378 e. The van der Waals surface area contributed by atoms with Crippen molar-refractivity contribution in [2.75, 3.05) is 12.4 Å². The summed E-state index contributed by atoms with van der Waals surface area (Å²) in [6, 6.07) is 0. The molecule has 1 rings (SSSR count). The predicted octanol–water partition coefficient (Wildman–Crippen LogP) is 2.04. The Hall–Kier alpha value is -0.130. The van der Waals surface area contributed by atoms with Crippen LogP contribution in [0.3, 0.4) is 0 Å². The van der Waals surface area contributed by atoms with E-state index in [4.69, 9.17) is 9.88 Å². The number of hydrogen-bond donors (Lipinski definition) is 1. The minimum absolute atomic E-state index is 0.0659. The first-order valence-corrected chi connectivity index (χ1v) is 8.20. The first-order valence-electron chi connectivity index (χ1n) is 6.49. The molecule has 0 bridgehead atoms. The van der Waals surface area contributed by atoms with E-state index in [9.17, 15) is 8.42 Å². The van der Waals surface area contributed by atoms with Crippen LogP contribution in [0, 0.1) is 5.41 Å². The molecule has 102 valence electrons. The van der Waals surface area contributed by atoms with Gasteiger partial charge in [0.15, 0.2) is 0 Å². The summed E-state index contributed by atoms with van der Waals surface area (Å²) in [6.07, 6.45) is 6.33. The Bertz CT molecular complexity index is 321. The molecule has 0 saturated heterocycles. The summed E-state index contributed by atoms with van der Waals surface area (Å²) < 4.78 is 28.4. The molecule has 5 heteroatoms. The van der Waals surface area contributed by atoms with Gasteiger partial charge < -0.3 is 4.74 Å². The maximum absolute atomic E-state index is 11.3. The van der Waals surface area contributed by atoms with Crippen molar-refractivity contribution in [2.24, 2.45) is 10.6 Å². The Labute approximate surface area is 105 Å². The van der Waals surface area contributed by atoms with Gasteiger partial charge in [-0.15, -0.1) is 0 Å². The third kappa shape index (κ3) is 5.36. The maximum atomic E-state index is 11.3. The summed E-state index contributed by atoms with van der Waals surface area (Å²) in [5.74, 6) is 0.0659. The number of rotatable bonds is 6. The lowest BCUT2D eigenvalue weighted by Gasteiger charge is -2.37. The Morgan fingerprint density at radius 1 is 1.29 bits per heavy atom. The van der Waals surface area contributed by atoms with Crippen molar-refractivity contribution >= 4 is 10.0 Å². The monoisotopic (exact) mass is 263 g/mol. The third-order valence-corrected chi connectivity index (χ3v) is 4.69. The smallest absolute Gasteiger partial charge is 0.209 e. The fourth-order valence-corrected chi connectivity index (χ4v) is 3.72. The molecule has 0 radical (unpaired) electrons. The SMILES string of the molecule is CCC(C)OCC1(CS(N)(=O)=O)CCCCC1. The van der Waals surface area contributed by atoms with Crippen LogP contribution >= 0.6 is 0 Å². The van der Waals surface area contributed by atoms with Crippen molar-refractivity contribution in [1.82, 2.24) is 0 Å². The zero-order chi connectivity index (χ0) is 12.9. The number of sulfonamides is 1. The van der Waals surface area contributed by atoms with E-state index in [0.717, 1.165) is 32.1 Å². The molecular formula is C12H25NO3S. The van der Waals surface area contributed by atoms with Gasteiger partial charge in [0.2, 0.25) is 10.0 Å². The van der Waals surface area contributed by atoms with E-state index in [1.165, 1.54) is 6.42 Å². The van der Waals surface area contributed by atoms with Crippen LogP contribution in [0.4, 0.5) is 0 Å². The lowest BCUT2D eigenvalue weighted by molar-refractivity contribution is -0.00925. The van der Waals surface area contributed by atoms with Gasteiger partial charge in [0, 0.05) is 5.41 Å². The molecule has 0 amide bonds. The van der Waals surface area contributed by atoms with E-state index in [-0.39, 0.29) is 17.3 Å². The number of ether oxygens (including phenoxy) is 1. The molecule has 1 fully saturated rings. The lowest BCUT2D eigenvalue weighted by atomic mass is 9.76. The van der Waals surface area contributed by atoms with Gasteiger partial charge in [0.05, 0.1) is 18.5 Å². The van der Waals surface area contributed by atoms with Gasteiger partial charge in [-0.3, -0.25) is 0 Å². The van der Waals surface area contributed by atoms with Gasteiger partial charge in [-0.1, -0.05) is 26.2 Å². The zero-order valence-corrected chi connectivity index (χ0v) is 11.8. The molecule has 0 spiro atoms. The Morgan fingerprint density at radius 2 is 1.88 bits per heavy atom. The maximum Gasteiger partial charge on any atom is 0.209 e. The standard InChI is InChI=1S/C12H25NO3S/c1-3-11(2)16-9-12(10-17(13,14)15)7-5-4-6-8-12/h11H,3-10H2,1-2H3,(H2,13,14,15). The van der Waals surface area contributed by atoms with Crippen LogP contribution in [0.2, 0.25) is 0 Å². The molecule has 0 heterocycles. The highest BCUT2D eigenvalue weighted by molar-refractivity contribution is 7.89. The molecule has 1 saturated carbocycles. The van der Waals surface area contributed by atoms with Crippen LogP contribution in [0.25, 0.3) is 0 Å². The molecule has 1 atom stereocenters. The summed E-state index contributed by atoms with van der Waals surface area (Å²) in [5.41, 5.74) is -0.241. The second-order valence-electron chi connectivity index (χ2n) is 5.40. The lowest BCUT2D eigenvalue weighted by Crippen LogP contribution is -2.40. The normalized spacial score (nSPS) is 22.3. The van der Waals surface area contributed by atoms with Crippen molar-refractivity contribution in [2.45, 2.75) is 58.5 Å². The third-order valence-electron chi connectivity index (χ3n) is 3.67. The van der Waals surface area contributed by atoms with Gasteiger partial charge in [-0.25, -0.2) is 13.6 Å². The van der Waals surface area contributed by atoms with E-state index in [1.807, 2.05) is 6.92 Å². The van der Waals surface area contributed by atoms with Crippen LogP contribution in [-0.4, -0.2) is 26.9 Å². The highest BCUT2D eigenvalue weighted by Crippen LogP contribution is 2.37. The second kappa shape index (κ2) is 6.16. The second-order valence-corrected chi connectivity index (χ2v) is 7.01. The van der Waals surface area contributed by atoms with Crippen LogP contribution < -0.4 is 5.14 Å². The van der Waals surface area contributed by atoms with E-state index >= 15 is 0 Å². The van der Waals surface area contributed by atoms with Gasteiger partial charge in [-0.05, 0) is 26.2 Å². The molecule has 17 heavy (non-hydrogen) atoms. The zero-order valence-electron chi connectivity index (χ0n) is 10.9. The summed E-state index contributed by atoms with van der Waals surface area (Å²) in [6.45, 7) is 4.61. The Morgan fingerprint density at radius 3 is 2.35 bits per heavy atom. The molecule has 0 aromatic rings. The summed E-state index contributed by atoms with van der Waals surface area (Å²) in [5, 5.41) is 5.21. The van der Waals surface area contributed by atoms with Crippen LogP contribution in [-0.2, 0) is 14.8 Å². The predicted molar refractivity (Wildman–Crippen MR) is 69.2 cm³/mol. The molecule has 0 aromatic carbocycles. The average Bonchev–Trinajstić information content (AvgIpc) is 2.25. The number of primary sulfonamides is 1. The molecule has 2 N–H and O–H groups in total. The van der Waals surface area contributed by atoms with Crippen molar-refractivity contribution in [1.29, 1.82) is 0 Å². The highest BCUT2D eigenvalue weighted by atomic mass is 32.2. The molecule has 4 nitrogen and oxygen atoms in total. The Balaban J connectivity index is 2.65. The number of nitrogens with two attached hydrogens (primary N) is 1. The minimum Gasteiger partial charge on any atom is -0.378 e. The first kappa shape index (κ1) is 14.9. The summed E-state index contributed by atoms with van der Waals surface area (Å²) >= 11 is 0. The minimum atomic E-state index is -3.42. The van der Waals surface area contributed by atoms with Crippen molar-refractivity contribution < 1.29 is 13.2 Å². The van der Waals surface area contributed by atoms with Gasteiger partial charge in [0.25, 0.3) is 0 Å². The topological polar surface area (TPSA) is 69.4 Å². The average molecular weight is 263 g/mol. The summed E-state index contributed by atoms with van der Waals surface area (Å²) in [7, 11) is -3.42. The van der Waals surface area contributed by atoms with E-state index < -0.39 is 10.0 Å².